The fourth-order valence-electron chi connectivity index (χ4n) is 4.16. The van der Waals surface area contributed by atoms with Gasteiger partial charge in [-0.25, -0.2) is 38.3 Å². The standard InChI is InChI=1S/C25H28N8O4S/c1-5-38(35,36)18-9-6-15(10-26-18)11-27-22-25(34)33(14(2)3)23-17(31-22)12-28-21(32-23)19-20(16-7-8-16)29-13-30-24(19)37-4/h6,9-10,12-14,16H,5,7-8,11H2,1-4H3,(H,27,31). The molecule has 0 amide bonds. The molecule has 0 spiro atoms. The number of aromatic nitrogens is 7. The Bertz CT molecular complexity index is 1670. The summed E-state index contributed by atoms with van der Waals surface area (Å²) < 4.78 is 31.1. The smallest absolute Gasteiger partial charge is 0.295 e. The number of pyridine rings is 1. The number of nitrogens with zero attached hydrogens (tertiary/aromatic N) is 7. The van der Waals surface area contributed by atoms with Gasteiger partial charge in [-0.05, 0) is 38.3 Å². The van der Waals surface area contributed by atoms with Gasteiger partial charge in [0.15, 0.2) is 32.2 Å². The third kappa shape index (κ3) is 4.80. The van der Waals surface area contributed by atoms with Crippen molar-refractivity contribution in [1.29, 1.82) is 0 Å². The Balaban J connectivity index is 1.52. The predicted octanol–water partition coefficient (Wildman–Crippen LogP) is 2.91. The molecule has 1 N–H and O–H groups in total. The van der Waals surface area contributed by atoms with Crippen LogP contribution in [0.3, 0.4) is 0 Å². The first-order valence-corrected chi connectivity index (χ1v) is 14.0. The third-order valence-corrected chi connectivity index (χ3v) is 7.97. The van der Waals surface area contributed by atoms with E-state index in [-0.39, 0.29) is 34.7 Å². The van der Waals surface area contributed by atoms with Crippen LogP contribution in [0.4, 0.5) is 5.82 Å². The molecule has 0 saturated heterocycles. The third-order valence-electron chi connectivity index (χ3n) is 6.33. The van der Waals surface area contributed by atoms with Crippen molar-refractivity contribution in [1.82, 2.24) is 34.5 Å². The molecule has 13 heteroatoms. The van der Waals surface area contributed by atoms with Crippen molar-refractivity contribution in [3.63, 3.8) is 0 Å². The van der Waals surface area contributed by atoms with E-state index in [0.29, 0.717) is 39.9 Å². The van der Waals surface area contributed by atoms with E-state index in [2.05, 4.69) is 30.2 Å². The number of ether oxygens (including phenoxy) is 1. The number of anilines is 1. The van der Waals surface area contributed by atoms with Crippen LogP contribution in [-0.2, 0) is 16.4 Å². The molecule has 0 aromatic carbocycles. The lowest BCUT2D eigenvalue weighted by atomic mass is 10.1. The fraction of sp³-hybridized carbons (Fsp3) is 0.400. The fourth-order valence-corrected chi connectivity index (χ4v) is 4.95. The Morgan fingerprint density at radius 1 is 1.11 bits per heavy atom. The van der Waals surface area contributed by atoms with Crippen LogP contribution >= 0.6 is 0 Å². The highest BCUT2D eigenvalue weighted by Crippen LogP contribution is 2.44. The monoisotopic (exact) mass is 536 g/mol. The van der Waals surface area contributed by atoms with Crippen molar-refractivity contribution in [2.24, 2.45) is 0 Å². The molecule has 1 fully saturated rings. The first-order valence-electron chi connectivity index (χ1n) is 12.3. The number of sulfone groups is 1. The van der Waals surface area contributed by atoms with E-state index in [9.17, 15) is 13.2 Å². The van der Waals surface area contributed by atoms with Crippen LogP contribution in [0, 0.1) is 0 Å². The van der Waals surface area contributed by atoms with Gasteiger partial charge >= 0.3 is 0 Å². The van der Waals surface area contributed by atoms with Gasteiger partial charge in [0.05, 0.1) is 24.8 Å². The lowest BCUT2D eigenvalue weighted by molar-refractivity contribution is 0.397. The number of hydrogen-bond donors (Lipinski definition) is 1. The molecular weight excluding hydrogens is 508 g/mol. The van der Waals surface area contributed by atoms with Crippen LogP contribution < -0.4 is 15.6 Å². The minimum Gasteiger partial charge on any atom is -0.480 e. The Hall–Kier alpha value is -4.00. The Morgan fingerprint density at radius 2 is 1.89 bits per heavy atom. The SMILES string of the molecule is CCS(=O)(=O)c1ccc(CNc2nc3cnc(-c4c(OC)ncnc4C4CC4)nc3n(C(C)C)c2=O)cn1. The van der Waals surface area contributed by atoms with Gasteiger partial charge in [-0.1, -0.05) is 13.0 Å². The van der Waals surface area contributed by atoms with Gasteiger partial charge in [0.25, 0.3) is 5.56 Å². The molecule has 4 aromatic rings. The van der Waals surface area contributed by atoms with E-state index in [0.717, 1.165) is 18.5 Å². The van der Waals surface area contributed by atoms with Crippen molar-refractivity contribution in [2.45, 2.75) is 57.1 Å². The van der Waals surface area contributed by atoms with E-state index in [1.165, 1.54) is 18.6 Å². The summed E-state index contributed by atoms with van der Waals surface area (Å²) >= 11 is 0. The molecule has 0 bridgehead atoms. The predicted molar refractivity (Wildman–Crippen MR) is 141 cm³/mol. The average Bonchev–Trinajstić information content (AvgIpc) is 3.77. The lowest BCUT2D eigenvalue weighted by Gasteiger charge is -2.16. The zero-order valence-corrected chi connectivity index (χ0v) is 22.4. The van der Waals surface area contributed by atoms with Crippen LogP contribution in [0.1, 0.15) is 56.8 Å². The number of rotatable bonds is 9. The van der Waals surface area contributed by atoms with Crippen molar-refractivity contribution in [3.8, 4) is 17.3 Å². The van der Waals surface area contributed by atoms with Crippen LogP contribution in [-0.4, -0.2) is 55.8 Å². The Labute approximate surface area is 219 Å². The molecule has 5 rings (SSSR count). The average molecular weight is 537 g/mol. The van der Waals surface area contributed by atoms with Gasteiger partial charge in [-0.2, -0.15) is 0 Å². The largest absolute Gasteiger partial charge is 0.480 e. The molecule has 4 heterocycles. The van der Waals surface area contributed by atoms with Crippen LogP contribution in [0.2, 0.25) is 0 Å². The first kappa shape index (κ1) is 25.6. The van der Waals surface area contributed by atoms with E-state index in [1.807, 2.05) is 13.8 Å². The maximum Gasteiger partial charge on any atom is 0.295 e. The van der Waals surface area contributed by atoms with Gasteiger partial charge < -0.3 is 10.1 Å². The summed E-state index contributed by atoms with van der Waals surface area (Å²) in [7, 11) is -1.85. The highest BCUT2D eigenvalue weighted by atomic mass is 32.2. The summed E-state index contributed by atoms with van der Waals surface area (Å²) in [6, 6.07) is 2.91. The molecule has 0 atom stereocenters. The normalized spacial score (nSPS) is 13.7. The minimum absolute atomic E-state index is 0.0213. The summed E-state index contributed by atoms with van der Waals surface area (Å²) in [5.74, 6) is 1.18. The van der Waals surface area contributed by atoms with Crippen LogP contribution in [0.15, 0.2) is 40.7 Å². The molecular formula is C25H28N8O4S. The quantitative estimate of drug-likeness (QED) is 0.336. The summed E-state index contributed by atoms with van der Waals surface area (Å²) in [5, 5.41) is 3.08. The van der Waals surface area contributed by atoms with Gasteiger partial charge in [0, 0.05) is 24.7 Å². The van der Waals surface area contributed by atoms with Crippen LogP contribution in [0.5, 0.6) is 5.88 Å². The van der Waals surface area contributed by atoms with E-state index < -0.39 is 9.84 Å². The highest BCUT2D eigenvalue weighted by Gasteiger charge is 2.31. The second-order valence-electron chi connectivity index (χ2n) is 9.31. The molecule has 1 aliphatic rings. The second-order valence-corrected chi connectivity index (χ2v) is 11.5. The van der Waals surface area contributed by atoms with Crippen molar-refractivity contribution >= 4 is 26.8 Å². The zero-order chi connectivity index (χ0) is 27.0. The Morgan fingerprint density at radius 3 is 2.53 bits per heavy atom. The van der Waals surface area contributed by atoms with E-state index in [1.54, 1.807) is 30.9 Å². The maximum atomic E-state index is 13.5. The zero-order valence-electron chi connectivity index (χ0n) is 21.5. The molecule has 198 valence electrons. The van der Waals surface area contributed by atoms with Gasteiger partial charge in [-0.3, -0.25) is 9.36 Å². The molecule has 12 nitrogen and oxygen atoms in total. The highest BCUT2D eigenvalue weighted by molar-refractivity contribution is 7.91. The summed E-state index contributed by atoms with van der Waals surface area (Å²) in [4.78, 5) is 40.0. The summed E-state index contributed by atoms with van der Waals surface area (Å²) in [6.45, 7) is 5.59. The second kappa shape index (κ2) is 10.0. The number of fused-ring (bicyclic) bond motifs is 1. The maximum absolute atomic E-state index is 13.5. The topological polar surface area (TPSA) is 155 Å². The number of nitrogens with one attached hydrogen (secondary N) is 1. The van der Waals surface area contributed by atoms with Gasteiger partial charge in [0.2, 0.25) is 5.88 Å². The molecule has 0 unspecified atom stereocenters. The summed E-state index contributed by atoms with van der Waals surface area (Å²) in [5.41, 5.74) is 2.67. The number of methoxy groups -OCH3 is 1. The van der Waals surface area contributed by atoms with Gasteiger partial charge in [-0.15, -0.1) is 0 Å². The van der Waals surface area contributed by atoms with Gasteiger partial charge in [0.1, 0.15) is 17.4 Å². The first-order chi connectivity index (χ1) is 18.2. The molecule has 38 heavy (non-hydrogen) atoms. The lowest BCUT2D eigenvalue weighted by Crippen LogP contribution is -2.27. The molecule has 0 aliphatic heterocycles. The summed E-state index contributed by atoms with van der Waals surface area (Å²) in [6.07, 6.45) is 6.59. The molecule has 0 radical (unpaired) electrons. The minimum atomic E-state index is -3.39. The molecule has 4 aromatic heterocycles. The van der Waals surface area contributed by atoms with Crippen molar-refractivity contribution in [2.75, 3.05) is 18.2 Å². The van der Waals surface area contributed by atoms with Crippen molar-refractivity contribution < 1.29 is 13.2 Å². The van der Waals surface area contributed by atoms with Crippen LogP contribution in [0.25, 0.3) is 22.6 Å². The van der Waals surface area contributed by atoms with E-state index in [4.69, 9.17) is 9.72 Å². The van der Waals surface area contributed by atoms with E-state index >= 15 is 0 Å². The van der Waals surface area contributed by atoms with Crippen molar-refractivity contribution in [3.05, 3.63) is 52.5 Å². The molecule has 1 aliphatic carbocycles. The molecule has 1 saturated carbocycles. The Kier molecular flexibility index (Phi) is 6.78. The number of hydrogen-bond acceptors (Lipinski definition) is 11.